The number of pyridine rings is 1. The van der Waals surface area contributed by atoms with Gasteiger partial charge in [0.1, 0.15) is 11.2 Å². The predicted molar refractivity (Wildman–Crippen MR) is 98.4 cm³/mol. The fourth-order valence-corrected chi connectivity index (χ4v) is 3.56. The van der Waals surface area contributed by atoms with Gasteiger partial charge in [0.05, 0.1) is 5.56 Å². The first-order chi connectivity index (χ1) is 12.0. The molecular formula is C17H14Cl3N3O2. The summed E-state index contributed by atoms with van der Waals surface area (Å²) >= 11 is 17.9. The van der Waals surface area contributed by atoms with Crippen LogP contribution in [0.4, 0.5) is 5.69 Å². The van der Waals surface area contributed by atoms with Crippen molar-refractivity contribution in [2.75, 3.05) is 11.9 Å². The zero-order valence-corrected chi connectivity index (χ0v) is 15.3. The lowest BCUT2D eigenvalue weighted by molar-refractivity contribution is -0.119. The number of nitrogens with one attached hydrogen (secondary N) is 1. The molecule has 1 fully saturated rings. The summed E-state index contributed by atoms with van der Waals surface area (Å²) in [6, 6.07) is 7.44. The van der Waals surface area contributed by atoms with Gasteiger partial charge in [-0.25, -0.2) is 4.98 Å². The molecular weight excluding hydrogens is 385 g/mol. The first-order valence-corrected chi connectivity index (χ1v) is 8.77. The number of nitrogens with zero attached hydrogens (tertiary/aromatic N) is 2. The molecule has 1 aromatic carbocycles. The second-order valence-electron chi connectivity index (χ2n) is 5.65. The van der Waals surface area contributed by atoms with Crippen LogP contribution >= 0.6 is 34.8 Å². The monoisotopic (exact) mass is 397 g/mol. The number of halogens is 3. The Morgan fingerprint density at radius 1 is 1.16 bits per heavy atom. The number of hydrogen-bond donors (Lipinski definition) is 1. The van der Waals surface area contributed by atoms with Crippen LogP contribution in [0.3, 0.4) is 0 Å². The number of benzene rings is 1. The molecule has 1 aliphatic heterocycles. The maximum atomic E-state index is 12.7. The Labute approximate surface area is 159 Å². The van der Waals surface area contributed by atoms with Crippen molar-refractivity contribution in [3.05, 3.63) is 57.3 Å². The van der Waals surface area contributed by atoms with Crippen LogP contribution < -0.4 is 5.32 Å². The Balaban J connectivity index is 1.78. The van der Waals surface area contributed by atoms with Crippen molar-refractivity contribution in [3.63, 3.8) is 0 Å². The summed E-state index contributed by atoms with van der Waals surface area (Å²) in [5.41, 5.74) is 0.774. The third-order valence-corrected chi connectivity index (χ3v) is 4.67. The molecule has 0 spiro atoms. The van der Waals surface area contributed by atoms with E-state index in [0.29, 0.717) is 28.7 Å². The van der Waals surface area contributed by atoms with E-state index in [0.717, 1.165) is 6.42 Å². The lowest BCUT2D eigenvalue weighted by Crippen LogP contribution is -2.43. The zero-order valence-electron chi connectivity index (χ0n) is 13.0. The highest BCUT2D eigenvalue weighted by Gasteiger charge is 2.35. The van der Waals surface area contributed by atoms with Gasteiger partial charge >= 0.3 is 0 Å². The minimum atomic E-state index is -0.582. The van der Waals surface area contributed by atoms with E-state index in [2.05, 4.69) is 10.3 Å². The molecule has 1 saturated heterocycles. The maximum absolute atomic E-state index is 12.7. The number of amides is 2. The molecule has 0 radical (unpaired) electrons. The first-order valence-electron chi connectivity index (χ1n) is 7.64. The largest absolute Gasteiger partial charge is 0.327 e. The molecule has 1 N–H and O–H groups in total. The molecule has 1 aliphatic rings. The van der Waals surface area contributed by atoms with Crippen molar-refractivity contribution < 1.29 is 9.59 Å². The number of carbonyl (C=O) groups is 2. The van der Waals surface area contributed by atoms with E-state index in [1.165, 1.54) is 11.1 Å². The van der Waals surface area contributed by atoms with Crippen LogP contribution in [0.1, 0.15) is 23.2 Å². The molecule has 8 heteroatoms. The van der Waals surface area contributed by atoms with Crippen molar-refractivity contribution in [3.8, 4) is 0 Å². The molecule has 1 aromatic heterocycles. The second kappa shape index (κ2) is 7.60. The molecule has 130 valence electrons. The molecule has 2 amide bonds. The van der Waals surface area contributed by atoms with Crippen LogP contribution in [-0.4, -0.2) is 34.3 Å². The van der Waals surface area contributed by atoms with Crippen molar-refractivity contribution in [1.29, 1.82) is 0 Å². The number of likely N-dealkylation sites (tertiary alicyclic amines) is 1. The fraction of sp³-hybridized carbons (Fsp3) is 0.235. The zero-order chi connectivity index (χ0) is 18.0. The molecule has 0 saturated carbocycles. The van der Waals surface area contributed by atoms with Gasteiger partial charge in [-0.05, 0) is 43.2 Å². The summed E-state index contributed by atoms with van der Waals surface area (Å²) < 4.78 is 0. The molecule has 2 aromatic rings. The van der Waals surface area contributed by atoms with Crippen LogP contribution in [0, 0.1) is 0 Å². The smallest absolute Gasteiger partial charge is 0.257 e. The number of rotatable bonds is 3. The van der Waals surface area contributed by atoms with Crippen molar-refractivity contribution >= 4 is 52.3 Å². The van der Waals surface area contributed by atoms with Crippen molar-refractivity contribution in [1.82, 2.24) is 9.88 Å². The average molecular weight is 399 g/mol. The minimum absolute atomic E-state index is 0.125. The van der Waals surface area contributed by atoms with Crippen molar-refractivity contribution in [2.24, 2.45) is 0 Å². The molecule has 0 bridgehead atoms. The Morgan fingerprint density at radius 2 is 1.88 bits per heavy atom. The second-order valence-corrected chi connectivity index (χ2v) is 6.88. The third kappa shape index (κ3) is 4.06. The van der Waals surface area contributed by atoms with E-state index in [9.17, 15) is 9.59 Å². The molecule has 5 nitrogen and oxygen atoms in total. The topological polar surface area (TPSA) is 62.3 Å². The molecule has 25 heavy (non-hydrogen) atoms. The normalized spacial score (nSPS) is 16.8. The van der Waals surface area contributed by atoms with Gasteiger partial charge in [0, 0.05) is 28.5 Å². The van der Waals surface area contributed by atoms with E-state index in [-0.39, 0.29) is 22.5 Å². The lowest BCUT2D eigenvalue weighted by Gasteiger charge is -2.24. The quantitative estimate of drug-likeness (QED) is 0.785. The van der Waals surface area contributed by atoms with Gasteiger partial charge in [-0.1, -0.05) is 34.8 Å². The molecule has 3 rings (SSSR count). The first kappa shape index (κ1) is 18.0. The van der Waals surface area contributed by atoms with Crippen LogP contribution in [0.5, 0.6) is 0 Å². The standard InChI is InChI=1S/C17H14Cl3N3O2/c18-10-7-11(19)9-12(8-10)22-16(24)14-4-2-6-23(14)17(25)13-3-1-5-21-15(13)20/h1,3,5,7-9,14H,2,4,6H2,(H,22,24). The van der Waals surface area contributed by atoms with E-state index in [1.807, 2.05) is 0 Å². The van der Waals surface area contributed by atoms with Gasteiger partial charge in [0.25, 0.3) is 5.91 Å². The summed E-state index contributed by atoms with van der Waals surface area (Å²) in [7, 11) is 0. The van der Waals surface area contributed by atoms with Crippen LogP contribution in [0.15, 0.2) is 36.5 Å². The summed E-state index contributed by atoms with van der Waals surface area (Å²) in [4.78, 5) is 30.8. The number of hydrogen-bond acceptors (Lipinski definition) is 3. The summed E-state index contributed by atoms with van der Waals surface area (Å²) in [6.45, 7) is 0.485. The van der Waals surface area contributed by atoms with E-state index in [1.54, 1.807) is 30.3 Å². The van der Waals surface area contributed by atoms with Crippen LogP contribution in [0.25, 0.3) is 0 Å². The Bertz CT molecular complexity index is 808. The number of aromatic nitrogens is 1. The molecule has 2 heterocycles. The highest BCUT2D eigenvalue weighted by molar-refractivity contribution is 6.35. The van der Waals surface area contributed by atoms with Gasteiger partial charge in [-0.15, -0.1) is 0 Å². The minimum Gasteiger partial charge on any atom is -0.327 e. The summed E-state index contributed by atoms with van der Waals surface area (Å²) in [6.07, 6.45) is 2.82. The Hall–Kier alpha value is -1.82. The summed E-state index contributed by atoms with van der Waals surface area (Å²) in [5.74, 6) is -0.593. The highest BCUT2D eigenvalue weighted by atomic mass is 35.5. The molecule has 1 unspecified atom stereocenters. The fourth-order valence-electron chi connectivity index (χ4n) is 2.83. The van der Waals surface area contributed by atoms with Crippen LogP contribution in [0.2, 0.25) is 15.2 Å². The van der Waals surface area contributed by atoms with Gasteiger partial charge in [0.15, 0.2) is 0 Å². The third-order valence-electron chi connectivity index (χ3n) is 3.94. The Morgan fingerprint density at radius 3 is 2.56 bits per heavy atom. The van der Waals surface area contributed by atoms with Gasteiger partial charge in [-0.2, -0.15) is 0 Å². The van der Waals surface area contributed by atoms with E-state index in [4.69, 9.17) is 34.8 Å². The van der Waals surface area contributed by atoms with Gasteiger partial charge < -0.3 is 10.2 Å². The molecule has 0 aliphatic carbocycles. The summed E-state index contributed by atoms with van der Waals surface area (Å²) in [5, 5.41) is 3.73. The van der Waals surface area contributed by atoms with Gasteiger partial charge in [-0.3, -0.25) is 9.59 Å². The lowest BCUT2D eigenvalue weighted by atomic mass is 10.1. The highest BCUT2D eigenvalue weighted by Crippen LogP contribution is 2.26. The SMILES string of the molecule is O=C(Nc1cc(Cl)cc(Cl)c1)C1CCCN1C(=O)c1cccnc1Cl. The van der Waals surface area contributed by atoms with E-state index < -0.39 is 6.04 Å². The number of carbonyl (C=O) groups excluding carboxylic acids is 2. The maximum Gasteiger partial charge on any atom is 0.257 e. The molecule has 1 atom stereocenters. The average Bonchev–Trinajstić information content (AvgIpc) is 3.03. The van der Waals surface area contributed by atoms with E-state index >= 15 is 0 Å². The van der Waals surface area contributed by atoms with Crippen LogP contribution in [-0.2, 0) is 4.79 Å². The van der Waals surface area contributed by atoms with Crippen molar-refractivity contribution in [2.45, 2.75) is 18.9 Å². The predicted octanol–water partition coefficient (Wildman–Crippen LogP) is 4.29. The van der Waals surface area contributed by atoms with Gasteiger partial charge in [0.2, 0.25) is 5.91 Å². The Kier molecular flexibility index (Phi) is 5.47. The number of anilines is 1.